The number of carbonyl (C=O) groups is 2. The first-order valence-corrected chi connectivity index (χ1v) is 7.25. The third-order valence-corrected chi connectivity index (χ3v) is 3.44. The van der Waals surface area contributed by atoms with Crippen molar-refractivity contribution >= 4 is 11.8 Å². The normalized spacial score (nSPS) is 10.3. The predicted molar refractivity (Wildman–Crippen MR) is 87.5 cm³/mol. The van der Waals surface area contributed by atoms with Gasteiger partial charge in [0.15, 0.2) is 0 Å². The summed E-state index contributed by atoms with van der Waals surface area (Å²) in [4.78, 5) is 31.5. The Hall–Kier alpha value is -3.48. The molecular weight excluding hydrogens is 306 g/mol. The molecule has 0 aliphatic rings. The van der Waals surface area contributed by atoms with Crippen molar-refractivity contribution in [1.82, 2.24) is 19.9 Å². The maximum atomic E-state index is 12.2. The van der Waals surface area contributed by atoms with Crippen LogP contribution in [0.2, 0.25) is 0 Å². The second-order valence-corrected chi connectivity index (χ2v) is 5.12. The third kappa shape index (κ3) is 3.46. The van der Waals surface area contributed by atoms with Gasteiger partial charge in [-0.3, -0.25) is 14.2 Å². The Balaban J connectivity index is 1.65. The highest BCUT2D eigenvalue weighted by Gasteiger charge is 2.07. The van der Waals surface area contributed by atoms with Crippen molar-refractivity contribution in [2.24, 2.45) is 5.73 Å². The number of nitrogens with two attached hydrogens (primary N) is 1. The molecule has 0 bridgehead atoms. The number of pyridine rings is 1. The summed E-state index contributed by atoms with van der Waals surface area (Å²) in [6.45, 7) is 0.295. The molecule has 0 saturated carbocycles. The molecule has 0 aliphatic carbocycles. The number of hydrogen-bond acceptors (Lipinski definition) is 4. The molecule has 0 fully saturated rings. The average molecular weight is 321 g/mol. The second kappa shape index (κ2) is 6.74. The van der Waals surface area contributed by atoms with Crippen LogP contribution >= 0.6 is 0 Å². The van der Waals surface area contributed by atoms with Crippen LogP contribution < -0.4 is 11.1 Å². The van der Waals surface area contributed by atoms with Crippen molar-refractivity contribution in [3.05, 3.63) is 78.0 Å². The zero-order chi connectivity index (χ0) is 16.9. The maximum Gasteiger partial charge on any atom is 0.253 e. The topological polar surface area (TPSA) is 103 Å². The van der Waals surface area contributed by atoms with Crippen molar-refractivity contribution in [3.8, 4) is 5.82 Å². The van der Waals surface area contributed by atoms with Crippen molar-refractivity contribution in [1.29, 1.82) is 0 Å². The van der Waals surface area contributed by atoms with E-state index in [2.05, 4.69) is 15.3 Å². The minimum absolute atomic E-state index is 0.246. The molecule has 3 N–H and O–H groups in total. The molecule has 0 unspecified atom stereocenters. The Morgan fingerprint density at radius 2 is 2.04 bits per heavy atom. The first kappa shape index (κ1) is 15.4. The van der Waals surface area contributed by atoms with Crippen LogP contribution in [-0.2, 0) is 6.54 Å². The molecule has 120 valence electrons. The van der Waals surface area contributed by atoms with Gasteiger partial charge in [0.05, 0.1) is 5.56 Å². The van der Waals surface area contributed by atoms with E-state index >= 15 is 0 Å². The molecule has 2 amide bonds. The molecular formula is C17H15N5O2. The molecule has 0 saturated heterocycles. The summed E-state index contributed by atoms with van der Waals surface area (Å²) in [7, 11) is 0. The summed E-state index contributed by atoms with van der Waals surface area (Å²) in [5.41, 5.74) is 6.90. The molecule has 3 rings (SSSR count). The summed E-state index contributed by atoms with van der Waals surface area (Å²) < 4.78 is 1.75. The molecule has 7 heteroatoms. The van der Waals surface area contributed by atoms with E-state index in [9.17, 15) is 9.59 Å². The molecule has 24 heavy (non-hydrogen) atoms. The molecule has 0 aliphatic heterocycles. The highest BCUT2D eigenvalue weighted by molar-refractivity contribution is 5.94. The van der Waals surface area contributed by atoms with Crippen LogP contribution in [0.5, 0.6) is 0 Å². The number of carbonyl (C=O) groups excluding carboxylic acids is 2. The third-order valence-electron chi connectivity index (χ3n) is 3.44. The highest BCUT2D eigenvalue weighted by atomic mass is 16.2. The summed E-state index contributed by atoms with van der Waals surface area (Å²) in [5.74, 6) is -0.0650. The van der Waals surface area contributed by atoms with Gasteiger partial charge in [0.2, 0.25) is 5.91 Å². The Labute approximate surface area is 138 Å². The average Bonchev–Trinajstić information content (AvgIpc) is 3.14. The van der Waals surface area contributed by atoms with Crippen LogP contribution in [0.25, 0.3) is 5.82 Å². The summed E-state index contributed by atoms with van der Waals surface area (Å²) >= 11 is 0. The van der Waals surface area contributed by atoms with Crippen LogP contribution in [0.3, 0.4) is 0 Å². The minimum atomic E-state index is -0.498. The van der Waals surface area contributed by atoms with E-state index < -0.39 is 5.91 Å². The molecule has 1 aromatic carbocycles. The lowest BCUT2D eigenvalue weighted by Gasteiger charge is -2.07. The van der Waals surface area contributed by atoms with Crippen LogP contribution in [0.15, 0.2) is 61.3 Å². The highest BCUT2D eigenvalue weighted by Crippen LogP contribution is 2.07. The number of nitrogens with zero attached hydrogens (tertiary/aromatic N) is 3. The standard InChI is InChI=1S/C17H15N5O2/c18-16(23)13-3-1-2-12(8-13)9-21-17(24)14-4-5-15(20-10-14)22-7-6-19-11-22/h1-8,10-11H,9H2,(H2,18,23)(H,21,24). The monoisotopic (exact) mass is 321 g/mol. The number of benzene rings is 1. The predicted octanol–water partition coefficient (Wildman–Crippen LogP) is 1.30. The van der Waals surface area contributed by atoms with E-state index in [4.69, 9.17) is 5.73 Å². The Kier molecular flexibility index (Phi) is 4.33. The molecule has 0 atom stereocenters. The number of aromatic nitrogens is 3. The molecule has 2 aromatic heterocycles. The number of hydrogen-bond donors (Lipinski definition) is 2. The van der Waals surface area contributed by atoms with Gasteiger partial charge in [-0.15, -0.1) is 0 Å². The van der Waals surface area contributed by atoms with E-state index in [1.807, 2.05) is 6.07 Å². The molecule has 2 heterocycles. The Bertz CT molecular complexity index is 857. The van der Waals surface area contributed by atoms with Gasteiger partial charge >= 0.3 is 0 Å². The fraction of sp³-hybridized carbons (Fsp3) is 0.0588. The van der Waals surface area contributed by atoms with Crippen LogP contribution in [0.4, 0.5) is 0 Å². The fourth-order valence-corrected chi connectivity index (χ4v) is 2.19. The molecule has 3 aromatic rings. The van der Waals surface area contributed by atoms with Crippen molar-refractivity contribution < 1.29 is 9.59 Å². The zero-order valence-corrected chi connectivity index (χ0v) is 12.7. The lowest BCUT2D eigenvalue weighted by Crippen LogP contribution is -2.23. The van der Waals surface area contributed by atoms with Crippen molar-refractivity contribution in [2.45, 2.75) is 6.54 Å². The van der Waals surface area contributed by atoms with E-state index in [-0.39, 0.29) is 5.91 Å². The van der Waals surface area contributed by atoms with Gasteiger partial charge in [-0.05, 0) is 29.8 Å². The zero-order valence-electron chi connectivity index (χ0n) is 12.7. The number of nitrogens with one attached hydrogen (secondary N) is 1. The summed E-state index contributed by atoms with van der Waals surface area (Å²) in [6, 6.07) is 10.3. The molecule has 0 spiro atoms. The number of primary amides is 1. The second-order valence-electron chi connectivity index (χ2n) is 5.12. The van der Waals surface area contributed by atoms with E-state index in [1.165, 1.54) is 6.20 Å². The summed E-state index contributed by atoms with van der Waals surface area (Å²) in [5, 5.41) is 2.79. The van der Waals surface area contributed by atoms with Gasteiger partial charge < -0.3 is 11.1 Å². The fourth-order valence-electron chi connectivity index (χ4n) is 2.19. The van der Waals surface area contributed by atoms with Gasteiger partial charge in [0.1, 0.15) is 12.1 Å². The van der Waals surface area contributed by atoms with Gasteiger partial charge in [-0.2, -0.15) is 0 Å². The maximum absolute atomic E-state index is 12.2. The molecule has 7 nitrogen and oxygen atoms in total. The Morgan fingerprint density at radius 1 is 1.17 bits per heavy atom. The lowest BCUT2D eigenvalue weighted by atomic mass is 10.1. The Morgan fingerprint density at radius 3 is 2.71 bits per heavy atom. The van der Waals surface area contributed by atoms with Crippen LogP contribution in [-0.4, -0.2) is 26.3 Å². The van der Waals surface area contributed by atoms with Gasteiger partial charge in [0, 0.05) is 30.7 Å². The quantitative estimate of drug-likeness (QED) is 0.739. The number of amides is 2. The van der Waals surface area contributed by atoms with Gasteiger partial charge in [0.25, 0.3) is 5.91 Å². The van der Waals surface area contributed by atoms with Crippen LogP contribution in [0.1, 0.15) is 26.3 Å². The molecule has 0 radical (unpaired) electrons. The van der Waals surface area contributed by atoms with Crippen molar-refractivity contribution in [2.75, 3.05) is 0 Å². The van der Waals surface area contributed by atoms with Gasteiger partial charge in [-0.25, -0.2) is 9.97 Å². The van der Waals surface area contributed by atoms with E-state index in [0.717, 1.165) is 5.56 Å². The van der Waals surface area contributed by atoms with E-state index in [1.54, 1.807) is 53.6 Å². The largest absolute Gasteiger partial charge is 0.366 e. The first-order valence-electron chi connectivity index (χ1n) is 7.25. The van der Waals surface area contributed by atoms with Gasteiger partial charge in [-0.1, -0.05) is 12.1 Å². The number of imidazole rings is 1. The number of rotatable bonds is 5. The lowest BCUT2D eigenvalue weighted by molar-refractivity contribution is 0.0950. The first-order chi connectivity index (χ1) is 11.6. The van der Waals surface area contributed by atoms with Crippen LogP contribution in [0, 0.1) is 0 Å². The summed E-state index contributed by atoms with van der Waals surface area (Å²) in [6.07, 6.45) is 6.56. The van der Waals surface area contributed by atoms with Crippen molar-refractivity contribution in [3.63, 3.8) is 0 Å². The smallest absolute Gasteiger partial charge is 0.253 e. The SMILES string of the molecule is NC(=O)c1cccc(CNC(=O)c2ccc(-n3ccnc3)nc2)c1. The minimum Gasteiger partial charge on any atom is -0.366 e. The van der Waals surface area contributed by atoms with E-state index in [0.29, 0.717) is 23.5 Å².